The van der Waals surface area contributed by atoms with E-state index in [1.54, 1.807) is 12.1 Å². The molecule has 2 nitrogen and oxygen atoms in total. The molecule has 1 unspecified atom stereocenters. The molecule has 1 N–H and O–H groups in total. The summed E-state index contributed by atoms with van der Waals surface area (Å²) in [6, 6.07) is 4.54. The molecule has 0 aliphatic carbocycles. The Hall–Kier alpha value is -1.61. The highest BCUT2D eigenvalue weighted by Gasteiger charge is 2.17. The molecule has 1 aromatic carbocycles. The van der Waals surface area contributed by atoms with Gasteiger partial charge in [0.2, 0.25) is 0 Å². The molecule has 0 bridgehead atoms. The number of aryl methyl sites for hydroxylation is 1. The van der Waals surface area contributed by atoms with E-state index in [2.05, 4.69) is 11.9 Å². The van der Waals surface area contributed by atoms with Crippen LogP contribution in [0.15, 0.2) is 35.3 Å². The molecule has 0 fully saturated rings. The van der Waals surface area contributed by atoms with Crippen LogP contribution in [0, 0.1) is 12.7 Å². The second-order valence-electron chi connectivity index (χ2n) is 4.00. The molecule has 2 aromatic rings. The summed E-state index contributed by atoms with van der Waals surface area (Å²) in [5.74, 6) is 0.564. The lowest BCUT2D eigenvalue weighted by atomic mass is 10.1. The molecule has 2 rings (SSSR count). The van der Waals surface area contributed by atoms with Crippen LogP contribution in [0.2, 0.25) is 0 Å². The molecule has 1 atom stereocenters. The van der Waals surface area contributed by atoms with Crippen molar-refractivity contribution in [2.24, 2.45) is 0 Å². The van der Waals surface area contributed by atoms with Crippen molar-refractivity contribution in [3.8, 4) is 0 Å². The Morgan fingerprint density at radius 3 is 2.94 bits per heavy atom. The van der Waals surface area contributed by atoms with Gasteiger partial charge in [-0.25, -0.2) is 4.39 Å². The minimum Gasteiger partial charge on any atom is -0.459 e. The van der Waals surface area contributed by atoms with Gasteiger partial charge in [-0.3, -0.25) is 0 Å². The predicted molar refractivity (Wildman–Crippen MR) is 67.5 cm³/mol. The maximum absolute atomic E-state index is 13.2. The van der Waals surface area contributed by atoms with Crippen molar-refractivity contribution in [1.29, 1.82) is 0 Å². The zero-order valence-corrected chi connectivity index (χ0v) is 10.1. The van der Waals surface area contributed by atoms with Crippen LogP contribution in [0.1, 0.15) is 24.3 Å². The lowest BCUT2D eigenvalue weighted by molar-refractivity contribution is 0.481. The molecule has 0 radical (unpaired) electrons. The van der Waals surface area contributed by atoms with Gasteiger partial charge in [-0.05, 0) is 31.7 Å². The van der Waals surface area contributed by atoms with Crippen LogP contribution in [0.25, 0.3) is 11.0 Å². The van der Waals surface area contributed by atoms with Crippen molar-refractivity contribution in [3.05, 3.63) is 48.0 Å². The van der Waals surface area contributed by atoms with E-state index in [0.717, 1.165) is 23.3 Å². The molecular formula is C14H16FNO. The fourth-order valence-electron chi connectivity index (χ4n) is 2.01. The number of furan rings is 1. The second-order valence-corrected chi connectivity index (χ2v) is 4.00. The molecule has 90 valence electrons. The molecule has 17 heavy (non-hydrogen) atoms. The predicted octanol–water partition coefficient (Wildman–Crippen LogP) is 3.72. The molecule has 1 aromatic heterocycles. The lowest BCUT2D eigenvalue weighted by Gasteiger charge is -2.11. The first-order valence-electron chi connectivity index (χ1n) is 5.71. The number of hydrogen-bond donors (Lipinski definition) is 1. The van der Waals surface area contributed by atoms with Crippen molar-refractivity contribution < 1.29 is 8.81 Å². The second kappa shape index (κ2) is 4.72. The van der Waals surface area contributed by atoms with Crippen LogP contribution in [-0.4, -0.2) is 6.54 Å². The number of likely N-dealkylation sites (N-methyl/N-ethyl adjacent to an activating group) is 1. The van der Waals surface area contributed by atoms with Crippen molar-refractivity contribution in [3.63, 3.8) is 0 Å². The van der Waals surface area contributed by atoms with E-state index in [-0.39, 0.29) is 11.9 Å². The smallest absolute Gasteiger partial charge is 0.134 e. The van der Waals surface area contributed by atoms with Gasteiger partial charge in [0.05, 0.1) is 6.04 Å². The first-order chi connectivity index (χ1) is 8.17. The normalized spacial score (nSPS) is 12.9. The van der Waals surface area contributed by atoms with E-state index in [1.165, 1.54) is 12.1 Å². The third kappa shape index (κ3) is 2.11. The minimum atomic E-state index is -0.244. The van der Waals surface area contributed by atoms with Gasteiger partial charge in [0.1, 0.15) is 17.2 Å². The molecule has 0 aliphatic rings. The molecule has 1 heterocycles. The topological polar surface area (TPSA) is 25.2 Å². The maximum Gasteiger partial charge on any atom is 0.134 e. The molecule has 0 amide bonds. The number of hydrogen-bond acceptors (Lipinski definition) is 2. The number of rotatable bonds is 4. The number of fused-ring (bicyclic) bond motifs is 1. The van der Waals surface area contributed by atoms with Crippen LogP contribution in [-0.2, 0) is 0 Å². The monoisotopic (exact) mass is 233 g/mol. The van der Waals surface area contributed by atoms with Crippen molar-refractivity contribution in [2.45, 2.75) is 19.9 Å². The summed E-state index contributed by atoms with van der Waals surface area (Å²) < 4.78 is 18.9. The summed E-state index contributed by atoms with van der Waals surface area (Å²) in [5.41, 5.74) is 1.68. The van der Waals surface area contributed by atoms with Gasteiger partial charge in [-0.15, -0.1) is 6.58 Å². The summed E-state index contributed by atoms with van der Waals surface area (Å²) >= 11 is 0. The van der Waals surface area contributed by atoms with Crippen LogP contribution < -0.4 is 5.32 Å². The summed E-state index contributed by atoms with van der Waals surface area (Å²) in [4.78, 5) is 0. The Balaban J connectivity index is 2.54. The molecular weight excluding hydrogens is 217 g/mol. The lowest BCUT2D eigenvalue weighted by Crippen LogP contribution is -2.18. The average Bonchev–Trinajstić information content (AvgIpc) is 2.64. The van der Waals surface area contributed by atoms with E-state index in [0.29, 0.717) is 5.58 Å². The molecule has 3 heteroatoms. The SMILES string of the molecule is C=CC(NCC)c1oc2ccc(F)cc2c1C. The third-order valence-corrected chi connectivity index (χ3v) is 2.88. The summed E-state index contributed by atoms with van der Waals surface area (Å²) in [6.45, 7) is 8.57. The van der Waals surface area contributed by atoms with Gasteiger partial charge in [0, 0.05) is 10.9 Å². The van der Waals surface area contributed by atoms with Gasteiger partial charge >= 0.3 is 0 Å². The standard InChI is InChI=1S/C14H16FNO/c1-4-12(16-5-2)14-9(3)11-8-10(15)6-7-13(11)17-14/h4,6-8,12,16H,1,5H2,2-3H3. The van der Waals surface area contributed by atoms with Crippen LogP contribution in [0.4, 0.5) is 4.39 Å². The first-order valence-corrected chi connectivity index (χ1v) is 5.71. The molecule has 0 saturated carbocycles. The van der Waals surface area contributed by atoms with Gasteiger partial charge < -0.3 is 9.73 Å². The Morgan fingerprint density at radius 2 is 2.29 bits per heavy atom. The zero-order chi connectivity index (χ0) is 12.4. The number of benzene rings is 1. The van der Waals surface area contributed by atoms with Crippen LogP contribution in [0.3, 0.4) is 0 Å². The maximum atomic E-state index is 13.2. The Morgan fingerprint density at radius 1 is 1.53 bits per heavy atom. The number of nitrogens with one attached hydrogen (secondary N) is 1. The van der Waals surface area contributed by atoms with Gasteiger partial charge in [0.25, 0.3) is 0 Å². The Kier molecular flexibility index (Phi) is 3.29. The Labute approximate surface area is 100 Å². The highest BCUT2D eigenvalue weighted by Crippen LogP contribution is 2.30. The molecule has 0 aliphatic heterocycles. The zero-order valence-electron chi connectivity index (χ0n) is 10.1. The summed E-state index contributed by atoms with van der Waals surface area (Å²) in [7, 11) is 0. The van der Waals surface area contributed by atoms with Gasteiger partial charge in [-0.2, -0.15) is 0 Å². The van der Waals surface area contributed by atoms with Gasteiger partial charge in [0.15, 0.2) is 0 Å². The summed E-state index contributed by atoms with van der Waals surface area (Å²) in [5, 5.41) is 4.08. The molecule has 0 saturated heterocycles. The number of halogens is 1. The van der Waals surface area contributed by atoms with E-state index < -0.39 is 0 Å². The van der Waals surface area contributed by atoms with E-state index in [4.69, 9.17) is 4.42 Å². The molecule has 0 spiro atoms. The average molecular weight is 233 g/mol. The first kappa shape index (κ1) is 11.9. The van der Waals surface area contributed by atoms with E-state index >= 15 is 0 Å². The highest BCUT2D eigenvalue weighted by atomic mass is 19.1. The Bertz CT molecular complexity index is 544. The quantitative estimate of drug-likeness (QED) is 0.814. The van der Waals surface area contributed by atoms with Gasteiger partial charge in [-0.1, -0.05) is 13.0 Å². The largest absolute Gasteiger partial charge is 0.459 e. The van der Waals surface area contributed by atoms with Crippen LogP contribution in [0.5, 0.6) is 0 Å². The van der Waals surface area contributed by atoms with Crippen LogP contribution >= 0.6 is 0 Å². The van der Waals surface area contributed by atoms with Crippen molar-refractivity contribution >= 4 is 11.0 Å². The fraction of sp³-hybridized carbons (Fsp3) is 0.286. The van der Waals surface area contributed by atoms with Crippen molar-refractivity contribution in [2.75, 3.05) is 6.54 Å². The van der Waals surface area contributed by atoms with E-state index in [9.17, 15) is 4.39 Å². The fourth-order valence-corrected chi connectivity index (χ4v) is 2.01. The summed E-state index contributed by atoms with van der Waals surface area (Å²) in [6.07, 6.45) is 1.80. The highest BCUT2D eigenvalue weighted by molar-refractivity contribution is 5.82. The third-order valence-electron chi connectivity index (χ3n) is 2.88. The minimum absolute atomic E-state index is 0.0320. The van der Waals surface area contributed by atoms with Crippen molar-refractivity contribution in [1.82, 2.24) is 5.32 Å². The van der Waals surface area contributed by atoms with E-state index in [1.807, 2.05) is 13.8 Å².